The minimum atomic E-state index is -3.77. The quantitative estimate of drug-likeness (QED) is 0.847. The second-order valence-corrected chi connectivity index (χ2v) is 6.24. The molecule has 0 spiro atoms. The van der Waals surface area contributed by atoms with E-state index in [1.165, 1.54) is 12.1 Å². The number of aromatic amines is 1. The van der Waals surface area contributed by atoms with Crippen LogP contribution in [0, 0.1) is 0 Å². The summed E-state index contributed by atoms with van der Waals surface area (Å²) >= 11 is 3.26. The van der Waals surface area contributed by atoms with Crippen LogP contribution in [0.1, 0.15) is 0 Å². The molecule has 2 aromatic rings. The maximum Gasteiger partial charge on any atom is 0.261 e. The minimum Gasteiger partial charge on any atom is -0.207 e. The minimum absolute atomic E-state index is 0.0165. The zero-order valence-electron chi connectivity index (χ0n) is 7.55. The van der Waals surface area contributed by atoms with E-state index in [4.69, 9.17) is 10.7 Å². The van der Waals surface area contributed by atoms with E-state index < -0.39 is 9.05 Å². The van der Waals surface area contributed by atoms with E-state index in [2.05, 4.69) is 36.6 Å². The van der Waals surface area contributed by atoms with E-state index in [9.17, 15) is 8.42 Å². The van der Waals surface area contributed by atoms with E-state index >= 15 is 0 Å². The Kier molecular flexibility index (Phi) is 2.96. The van der Waals surface area contributed by atoms with Gasteiger partial charge in [0, 0.05) is 20.7 Å². The van der Waals surface area contributed by atoms with Gasteiger partial charge in [-0.05, 0) is 23.4 Å². The van der Waals surface area contributed by atoms with Crippen LogP contribution in [-0.2, 0) is 9.05 Å². The van der Waals surface area contributed by atoms with Crippen molar-refractivity contribution in [3.05, 3.63) is 22.7 Å². The van der Waals surface area contributed by atoms with Crippen molar-refractivity contribution in [3.8, 4) is 11.4 Å². The lowest BCUT2D eigenvalue weighted by molar-refractivity contribution is 0.609. The summed E-state index contributed by atoms with van der Waals surface area (Å²) in [7, 11) is 1.47. The number of nitrogens with one attached hydrogen (secondary N) is 1. The maximum atomic E-state index is 11.2. The van der Waals surface area contributed by atoms with Crippen molar-refractivity contribution in [2.24, 2.45) is 0 Å². The third-order valence-electron chi connectivity index (χ3n) is 1.81. The van der Waals surface area contributed by atoms with Crippen molar-refractivity contribution < 1.29 is 8.42 Å². The van der Waals surface area contributed by atoms with Gasteiger partial charge in [-0.15, -0.1) is 10.2 Å². The Bertz CT molecular complexity index is 613. The van der Waals surface area contributed by atoms with Crippen LogP contribution in [0.3, 0.4) is 0 Å². The molecule has 0 fully saturated rings. The summed E-state index contributed by atoms with van der Waals surface area (Å²) in [5.41, 5.74) is 0.496. The predicted octanol–water partition coefficient (Wildman–Crippen LogP) is 1.56. The van der Waals surface area contributed by atoms with Gasteiger partial charge in [-0.25, -0.2) is 8.42 Å². The summed E-state index contributed by atoms with van der Waals surface area (Å²) in [4.78, 5) is -0.0165. The highest BCUT2D eigenvalue weighted by Crippen LogP contribution is 2.28. The van der Waals surface area contributed by atoms with Gasteiger partial charge in [-0.2, -0.15) is 5.21 Å². The fourth-order valence-electron chi connectivity index (χ4n) is 1.10. The molecule has 84 valence electrons. The summed E-state index contributed by atoms with van der Waals surface area (Å²) in [6.45, 7) is 0. The van der Waals surface area contributed by atoms with Crippen LogP contribution in [0.4, 0.5) is 0 Å². The first-order valence-electron chi connectivity index (χ1n) is 3.96. The molecule has 0 unspecified atom stereocenters. The molecule has 2 rings (SSSR count). The van der Waals surface area contributed by atoms with Gasteiger partial charge in [0.05, 0.1) is 4.90 Å². The molecule has 0 atom stereocenters. The lowest BCUT2D eigenvalue weighted by Gasteiger charge is -2.01. The third-order valence-corrected chi connectivity index (χ3v) is 3.85. The molecule has 16 heavy (non-hydrogen) atoms. The zero-order valence-corrected chi connectivity index (χ0v) is 10.7. The Morgan fingerprint density at radius 2 is 2.12 bits per heavy atom. The largest absolute Gasteiger partial charge is 0.261 e. The summed E-state index contributed by atoms with van der Waals surface area (Å²) in [6, 6.07) is 4.31. The van der Waals surface area contributed by atoms with Gasteiger partial charge in [-0.3, -0.25) is 0 Å². The molecule has 0 amide bonds. The lowest BCUT2D eigenvalue weighted by atomic mass is 10.2. The Labute approximate surface area is 104 Å². The molecule has 0 aliphatic carbocycles. The van der Waals surface area contributed by atoms with Crippen LogP contribution in [0.15, 0.2) is 27.6 Å². The smallest absolute Gasteiger partial charge is 0.207 e. The predicted molar refractivity (Wildman–Crippen MR) is 60.4 cm³/mol. The summed E-state index contributed by atoms with van der Waals surface area (Å²) in [5.74, 6) is 0.286. The lowest BCUT2D eigenvalue weighted by Crippen LogP contribution is -1.92. The molecule has 1 N–H and O–H groups in total. The van der Waals surface area contributed by atoms with E-state index in [1.807, 2.05) is 0 Å². The van der Waals surface area contributed by atoms with Crippen molar-refractivity contribution >= 4 is 35.7 Å². The zero-order chi connectivity index (χ0) is 11.8. The van der Waals surface area contributed by atoms with Gasteiger partial charge in [0.1, 0.15) is 0 Å². The molecule has 0 saturated heterocycles. The van der Waals surface area contributed by atoms with E-state index in [1.54, 1.807) is 6.07 Å². The van der Waals surface area contributed by atoms with Crippen LogP contribution in [0.2, 0.25) is 0 Å². The molecule has 9 heteroatoms. The van der Waals surface area contributed by atoms with Crippen molar-refractivity contribution in [1.29, 1.82) is 0 Å². The SMILES string of the molecule is O=S(=O)(Cl)c1ccc(Br)c(-c2nn[nH]n2)c1. The number of halogens is 2. The molecular formula is C7H4BrClN4O2S. The first kappa shape index (κ1) is 11.5. The van der Waals surface area contributed by atoms with Gasteiger partial charge in [0.2, 0.25) is 5.82 Å². The molecule has 0 aliphatic rings. The molecule has 1 aromatic heterocycles. The number of hydrogen-bond donors (Lipinski definition) is 1. The number of aromatic nitrogens is 4. The molecule has 6 nitrogen and oxygen atoms in total. The number of H-pyrrole nitrogens is 1. The normalized spacial score (nSPS) is 11.6. The number of rotatable bonds is 2. The Morgan fingerprint density at radius 1 is 1.38 bits per heavy atom. The monoisotopic (exact) mass is 322 g/mol. The Balaban J connectivity index is 2.63. The Morgan fingerprint density at radius 3 is 2.69 bits per heavy atom. The van der Waals surface area contributed by atoms with Gasteiger partial charge in [0.25, 0.3) is 9.05 Å². The number of tetrazole rings is 1. The second-order valence-electron chi connectivity index (χ2n) is 2.81. The molecule has 0 radical (unpaired) electrons. The standard InChI is InChI=1S/C7H4BrClN4O2S/c8-6-2-1-4(16(9,14)15)3-5(6)7-10-12-13-11-7/h1-3H,(H,10,11,12,13). The van der Waals surface area contributed by atoms with Crippen molar-refractivity contribution in [2.45, 2.75) is 4.90 Å². The fourth-order valence-corrected chi connectivity index (χ4v) is 2.30. The third kappa shape index (κ3) is 2.23. The maximum absolute atomic E-state index is 11.2. The van der Waals surface area contributed by atoms with Gasteiger partial charge in [-0.1, -0.05) is 15.9 Å². The van der Waals surface area contributed by atoms with Crippen LogP contribution >= 0.6 is 26.6 Å². The average Bonchev–Trinajstić information content (AvgIpc) is 2.69. The van der Waals surface area contributed by atoms with Gasteiger partial charge >= 0.3 is 0 Å². The highest BCUT2D eigenvalue weighted by molar-refractivity contribution is 9.10. The van der Waals surface area contributed by atoms with Crippen LogP contribution in [0.5, 0.6) is 0 Å². The molecule has 0 bridgehead atoms. The highest BCUT2D eigenvalue weighted by Gasteiger charge is 2.15. The first-order valence-corrected chi connectivity index (χ1v) is 7.07. The highest BCUT2D eigenvalue weighted by atomic mass is 79.9. The molecule has 0 saturated carbocycles. The fraction of sp³-hybridized carbons (Fsp3) is 0. The molecular weight excluding hydrogens is 320 g/mol. The number of nitrogens with zero attached hydrogens (tertiary/aromatic N) is 3. The van der Waals surface area contributed by atoms with Crippen LogP contribution in [0.25, 0.3) is 11.4 Å². The van der Waals surface area contributed by atoms with Gasteiger partial charge in [0.15, 0.2) is 0 Å². The van der Waals surface area contributed by atoms with E-state index in [0.29, 0.717) is 10.0 Å². The summed E-state index contributed by atoms with van der Waals surface area (Å²) in [6.07, 6.45) is 0. The Hall–Kier alpha value is -0.990. The average molecular weight is 324 g/mol. The molecule has 1 heterocycles. The van der Waals surface area contributed by atoms with E-state index in [0.717, 1.165) is 0 Å². The number of benzene rings is 1. The van der Waals surface area contributed by atoms with Crippen LogP contribution < -0.4 is 0 Å². The molecule has 1 aromatic carbocycles. The summed E-state index contributed by atoms with van der Waals surface area (Å²) < 4.78 is 23.0. The summed E-state index contributed by atoms with van der Waals surface area (Å²) in [5, 5.41) is 13.2. The topological polar surface area (TPSA) is 88.6 Å². The van der Waals surface area contributed by atoms with Crippen molar-refractivity contribution in [2.75, 3.05) is 0 Å². The van der Waals surface area contributed by atoms with Gasteiger partial charge < -0.3 is 0 Å². The second kappa shape index (κ2) is 4.11. The molecule has 0 aliphatic heterocycles. The first-order chi connectivity index (χ1) is 7.48. The van der Waals surface area contributed by atoms with E-state index in [-0.39, 0.29) is 10.7 Å². The van der Waals surface area contributed by atoms with Crippen molar-refractivity contribution in [3.63, 3.8) is 0 Å². The van der Waals surface area contributed by atoms with Crippen molar-refractivity contribution in [1.82, 2.24) is 20.6 Å². The number of hydrogen-bond acceptors (Lipinski definition) is 5. The van der Waals surface area contributed by atoms with Crippen LogP contribution in [-0.4, -0.2) is 29.0 Å².